The summed E-state index contributed by atoms with van der Waals surface area (Å²) in [5.74, 6) is 0.711. The number of benzene rings is 2. The smallest absolute Gasteiger partial charge is 0.128 e. The molecule has 1 aromatic heterocycles. The summed E-state index contributed by atoms with van der Waals surface area (Å²) in [5, 5.41) is 18.0. The van der Waals surface area contributed by atoms with E-state index >= 15 is 0 Å². The molecule has 3 rings (SSSR count). The van der Waals surface area contributed by atoms with Crippen molar-refractivity contribution in [3.63, 3.8) is 0 Å². The first-order valence-corrected chi connectivity index (χ1v) is 6.59. The molecule has 0 aliphatic heterocycles. The van der Waals surface area contributed by atoms with E-state index in [2.05, 4.69) is 17.1 Å². The minimum Gasteiger partial charge on any atom is -0.295 e. The summed E-state index contributed by atoms with van der Waals surface area (Å²) in [6, 6.07) is 17.8. The van der Waals surface area contributed by atoms with Crippen molar-refractivity contribution in [2.75, 3.05) is 0 Å². The highest BCUT2D eigenvalue weighted by molar-refractivity contribution is 5.78. The van der Waals surface area contributed by atoms with E-state index in [-0.39, 0.29) is 6.42 Å². The van der Waals surface area contributed by atoms with Gasteiger partial charge in [-0.3, -0.25) is 4.57 Å². The molecular formula is C17H12N4. The summed E-state index contributed by atoms with van der Waals surface area (Å²) in [6.45, 7) is 1.91. The molecule has 0 saturated heterocycles. The Hall–Kier alpha value is -3.11. The fourth-order valence-corrected chi connectivity index (χ4v) is 2.47. The van der Waals surface area contributed by atoms with Gasteiger partial charge in [-0.25, -0.2) is 4.98 Å². The van der Waals surface area contributed by atoms with Crippen LogP contribution in [-0.4, -0.2) is 9.55 Å². The second-order valence-electron chi connectivity index (χ2n) is 4.80. The number of aryl methyl sites for hydroxylation is 1. The van der Waals surface area contributed by atoms with Crippen LogP contribution in [0.5, 0.6) is 0 Å². The molecule has 0 bridgehead atoms. The van der Waals surface area contributed by atoms with Gasteiger partial charge in [-0.1, -0.05) is 12.1 Å². The number of aromatic nitrogens is 2. The van der Waals surface area contributed by atoms with Crippen LogP contribution in [0.1, 0.15) is 17.0 Å². The maximum Gasteiger partial charge on any atom is 0.128 e. The second kappa shape index (κ2) is 5.11. The molecule has 0 aliphatic carbocycles. The highest BCUT2D eigenvalue weighted by atomic mass is 15.1. The Morgan fingerprint density at radius 1 is 1.14 bits per heavy atom. The molecule has 21 heavy (non-hydrogen) atoms. The summed E-state index contributed by atoms with van der Waals surface area (Å²) < 4.78 is 1.98. The van der Waals surface area contributed by atoms with Gasteiger partial charge >= 0.3 is 0 Å². The van der Waals surface area contributed by atoms with Crippen LogP contribution in [0, 0.1) is 29.6 Å². The normalized spacial score (nSPS) is 10.2. The summed E-state index contributed by atoms with van der Waals surface area (Å²) in [6.07, 6.45) is 0.244. The van der Waals surface area contributed by atoms with E-state index in [0.717, 1.165) is 22.3 Å². The number of imidazole rings is 1. The molecule has 2 aromatic carbocycles. The van der Waals surface area contributed by atoms with Gasteiger partial charge < -0.3 is 0 Å². The predicted molar refractivity (Wildman–Crippen MR) is 79.8 cm³/mol. The topological polar surface area (TPSA) is 65.4 Å². The van der Waals surface area contributed by atoms with Crippen LogP contribution in [0.25, 0.3) is 16.7 Å². The van der Waals surface area contributed by atoms with Crippen LogP contribution in [0.2, 0.25) is 0 Å². The van der Waals surface area contributed by atoms with Crippen molar-refractivity contribution < 1.29 is 0 Å². The lowest BCUT2D eigenvalue weighted by Crippen LogP contribution is -2.01. The summed E-state index contributed by atoms with van der Waals surface area (Å²) in [4.78, 5) is 4.53. The molecule has 0 fully saturated rings. The van der Waals surface area contributed by atoms with Crippen LogP contribution in [0.15, 0.2) is 42.5 Å². The van der Waals surface area contributed by atoms with E-state index in [0.29, 0.717) is 11.4 Å². The molecule has 1 heterocycles. The average Bonchev–Trinajstić information content (AvgIpc) is 2.85. The van der Waals surface area contributed by atoms with Gasteiger partial charge in [-0.05, 0) is 42.8 Å². The Bertz CT molecular complexity index is 907. The third-order valence-corrected chi connectivity index (χ3v) is 3.46. The molecule has 3 aromatic rings. The SMILES string of the molecule is Cc1cc(-n2c(CC#N)nc3ccccc32)ccc1C#N. The lowest BCUT2D eigenvalue weighted by Gasteiger charge is -2.09. The number of rotatable bonds is 2. The van der Waals surface area contributed by atoms with Crippen LogP contribution < -0.4 is 0 Å². The van der Waals surface area contributed by atoms with Gasteiger partial charge in [0.2, 0.25) is 0 Å². The van der Waals surface area contributed by atoms with E-state index in [4.69, 9.17) is 10.5 Å². The predicted octanol–water partition coefficient (Wildman–Crippen LogP) is 3.27. The van der Waals surface area contributed by atoms with Crippen molar-refractivity contribution in [3.8, 4) is 17.8 Å². The number of hydrogen-bond acceptors (Lipinski definition) is 3. The largest absolute Gasteiger partial charge is 0.295 e. The third-order valence-electron chi connectivity index (χ3n) is 3.46. The number of nitrogens with zero attached hydrogens (tertiary/aromatic N) is 4. The van der Waals surface area contributed by atoms with Gasteiger partial charge in [0.05, 0.1) is 35.2 Å². The van der Waals surface area contributed by atoms with E-state index in [1.165, 1.54) is 0 Å². The Morgan fingerprint density at radius 2 is 1.95 bits per heavy atom. The number of para-hydroxylation sites is 2. The van der Waals surface area contributed by atoms with Crippen LogP contribution in [-0.2, 0) is 6.42 Å². The van der Waals surface area contributed by atoms with Gasteiger partial charge in [0.1, 0.15) is 5.82 Å². The lowest BCUT2D eigenvalue weighted by atomic mass is 10.1. The molecule has 0 spiro atoms. The maximum absolute atomic E-state index is 9.04. The van der Waals surface area contributed by atoms with Crippen molar-refractivity contribution in [1.29, 1.82) is 10.5 Å². The molecule has 0 amide bonds. The molecule has 0 saturated carbocycles. The molecule has 100 valence electrons. The van der Waals surface area contributed by atoms with Gasteiger partial charge in [-0.15, -0.1) is 0 Å². The average molecular weight is 272 g/mol. The van der Waals surface area contributed by atoms with Crippen LogP contribution in [0.3, 0.4) is 0 Å². The van der Waals surface area contributed by atoms with Crippen molar-refractivity contribution in [3.05, 3.63) is 59.4 Å². The molecular weight excluding hydrogens is 260 g/mol. The Kier molecular flexibility index (Phi) is 3.14. The van der Waals surface area contributed by atoms with Gasteiger partial charge in [-0.2, -0.15) is 10.5 Å². The third kappa shape index (κ3) is 2.13. The van der Waals surface area contributed by atoms with E-state index < -0.39 is 0 Å². The minimum atomic E-state index is 0.244. The molecule has 0 aliphatic rings. The van der Waals surface area contributed by atoms with Gasteiger partial charge in [0, 0.05) is 5.69 Å². The van der Waals surface area contributed by atoms with Crippen molar-refractivity contribution in [2.45, 2.75) is 13.3 Å². The Balaban J connectivity index is 2.28. The minimum absolute atomic E-state index is 0.244. The lowest BCUT2D eigenvalue weighted by molar-refractivity contribution is 0.952. The van der Waals surface area contributed by atoms with Crippen LogP contribution >= 0.6 is 0 Å². The van der Waals surface area contributed by atoms with Crippen molar-refractivity contribution in [2.24, 2.45) is 0 Å². The molecule has 4 nitrogen and oxygen atoms in total. The Labute approximate surface area is 122 Å². The first-order valence-electron chi connectivity index (χ1n) is 6.59. The van der Waals surface area contributed by atoms with Crippen molar-refractivity contribution in [1.82, 2.24) is 9.55 Å². The second-order valence-corrected chi connectivity index (χ2v) is 4.80. The van der Waals surface area contributed by atoms with E-state index in [1.54, 1.807) is 6.07 Å². The monoisotopic (exact) mass is 272 g/mol. The standard InChI is InChI=1S/C17H12N4/c1-12-10-14(7-6-13(12)11-19)21-16-5-3-2-4-15(16)20-17(21)8-9-18/h2-7,10H,8H2,1H3. The molecule has 0 atom stereocenters. The maximum atomic E-state index is 9.04. The van der Waals surface area contributed by atoms with E-state index in [9.17, 15) is 0 Å². The number of hydrogen-bond donors (Lipinski definition) is 0. The summed E-state index contributed by atoms with van der Waals surface area (Å²) >= 11 is 0. The zero-order valence-electron chi connectivity index (χ0n) is 11.5. The highest BCUT2D eigenvalue weighted by Crippen LogP contribution is 2.23. The quantitative estimate of drug-likeness (QED) is 0.719. The van der Waals surface area contributed by atoms with Gasteiger partial charge in [0.25, 0.3) is 0 Å². The fraction of sp³-hybridized carbons (Fsp3) is 0.118. The Morgan fingerprint density at radius 3 is 2.67 bits per heavy atom. The molecule has 0 unspecified atom stereocenters. The highest BCUT2D eigenvalue weighted by Gasteiger charge is 2.12. The summed E-state index contributed by atoms with van der Waals surface area (Å²) in [5.41, 5.74) is 4.32. The number of fused-ring (bicyclic) bond motifs is 1. The van der Waals surface area contributed by atoms with Crippen molar-refractivity contribution >= 4 is 11.0 Å². The molecule has 0 N–H and O–H groups in total. The van der Waals surface area contributed by atoms with E-state index in [1.807, 2.05) is 47.9 Å². The first kappa shape index (κ1) is 12.9. The summed E-state index contributed by atoms with van der Waals surface area (Å²) in [7, 11) is 0. The number of nitriles is 2. The zero-order valence-corrected chi connectivity index (χ0v) is 11.5. The molecule has 0 radical (unpaired) electrons. The fourth-order valence-electron chi connectivity index (χ4n) is 2.47. The van der Waals surface area contributed by atoms with Crippen LogP contribution in [0.4, 0.5) is 0 Å². The van der Waals surface area contributed by atoms with Gasteiger partial charge in [0.15, 0.2) is 0 Å². The molecule has 4 heteroatoms. The zero-order chi connectivity index (χ0) is 14.8. The first-order chi connectivity index (χ1) is 10.2.